The van der Waals surface area contributed by atoms with Gasteiger partial charge in [0.1, 0.15) is 0 Å². The van der Waals surface area contributed by atoms with Crippen molar-refractivity contribution >= 4 is 11.7 Å². The quantitative estimate of drug-likeness (QED) is 0.871. The van der Waals surface area contributed by atoms with Crippen molar-refractivity contribution < 1.29 is 9.90 Å². The van der Waals surface area contributed by atoms with Crippen molar-refractivity contribution in [2.75, 3.05) is 18.5 Å². The minimum Gasteiger partial charge on any atom is -0.481 e. The molecule has 0 aliphatic rings. The highest BCUT2D eigenvalue weighted by atomic mass is 16.4. The van der Waals surface area contributed by atoms with Crippen LogP contribution in [0.4, 0.5) is 5.69 Å². The Bertz CT molecular complexity index is 417. The van der Waals surface area contributed by atoms with E-state index < -0.39 is 5.97 Å². The van der Waals surface area contributed by atoms with Crippen LogP contribution in [-0.2, 0) is 4.79 Å². The third-order valence-electron chi connectivity index (χ3n) is 3.13. The Labute approximate surface area is 109 Å². The van der Waals surface area contributed by atoms with Crippen LogP contribution in [-0.4, -0.2) is 24.7 Å². The largest absolute Gasteiger partial charge is 0.481 e. The molecule has 0 radical (unpaired) electrons. The molecule has 0 saturated heterocycles. The maximum Gasteiger partial charge on any atom is 0.303 e. The summed E-state index contributed by atoms with van der Waals surface area (Å²) >= 11 is 0. The van der Waals surface area contributed by atoms with Crippen LogP contribution in [0.25, 0.3) is 0 Å². The Morgan fingerprint density at radius 2 is 1.78 bits per heavy atom. The maximum atomic E-state index is 10.7. The second-order valence-electron chi connectivity index (χ2n) is 5.33. The minimum atomic E-state index is -0.728. The summed E-state index contributed by atoms with van der Waals surface area (Å²) in [6, 6.07) is 4.33. The molecule has 1 atom stereocenters. The molecule has 0 fully saturated rings. The Morgan fingerprint density at radius 1 is 1.28 bits per heavy atom. The van der Waals surface area contributed by atoms with Gasteiger partial charge in [-0.1, -0.05) is 24.6 Å². The molecule has 0 amide bonds. The van der Waals surface area contributed by atoms with Crippen molar-refractivity contribution in [3.63, 3.8) is 0 Å². The summed E-state index contributed by atoms with van der Waals surface area (Å²) in [6.07, 6.45) is 0.217. The molecule has 1 rings (SSSR count). The van der Waals surface area contributed by atoms with Crippen LogP contribution >= 0.6 is 0 Å². The molecule has 1 N–H and O–H groups in total. The molecule has 0 bridgehead atoms. The molecule has 0 aliphatic heterocycles. The van der Waals surface area contributed by atoms with Gasteiger partial charge in [0.25, 0.3) is 0 Å². The van der Waals surface area contributed by atoms with Gasteiger partial charge < -0.3 is 10.0 Å². The lowest BCUT2D eigenvalue weighted by atomic mass is 10.0. The predicted octanol–water partition coefficient (Wildman–Crippen LogP) is 3.16. The first kappa shape index (κ1) is 14.6. The van der Waals surface area contributed by atoms with E-state index >= 15 is 0 Å². The first-order chi connectivity index (χ1) is 8.31. The molecular formula is C15H23NO2. The second-order valence-corrected chi connectivity index (χ2v) is 5.33. The predicted molar refractivity (Wildman–Crippen MR) is 75.3 cm³/mol. The molecular weight excluding hydrogens is 226 g/mol. The number of rotatable bonds is 5. The summed E-state index contributed by atoms with van der Waals surface area (Å²) < 4.78 is 0. The van der Waals surface area contributed by atoms with E-state index in [-0.39, 0.29) is 12.3 Å². The number of carbonyl (C=O) groups is 1. The number of carboxylic acids is 1. The van der Waals surface area contributed by atoms with E-state index in [1.165, 1.54) is 22.4 Å². The van der Waals surface area contributed by atoms with Gasteiger partial charge in [-0.2, -0.15) is 0 Å². The zero-order chi connectivity index (χ0) is 13.9. The van der Waals surface area contributed by atoms with Crippen molar-refractivity contribution in [1.29, 1.82) is 0 Å². The van der Waals surface area contributed by atoms with Crippen LogP contribution in [0.3, 0.4) is 0 Å². The molecule has 3 nitrogen and oxygen atoms in total. The van der Waals surface area contributed by atoms with E-state index in [1.807, 2.05) is 14.0 Å². The number of nitrogens with zero attached hydrogens (tertiary/aromatic N) is 1. The zero-order valence-corrected chi connectivity index (χ0v) is 11.9. The first-order valence-electron chi connectivity index (χ1n) is 6.32. The Kier molecular flexibility index (Phi) is 4.76. The molecule has 1 aromatic carbocycles. The van der Waals surface area contributed by atoms with Gasteiger partial charge in [-0.25, -0.2) is 0 Å². The van der Waals surface area contributed by atoms with E-state index in [9.17, 15) is 4.79 Å². The number of aliphatic carboxylic acids is 1. The topological polar surface area (TPSA) is 40.5 Å². The highest BCUT2D eigenvalue weighted by molar-refractivity contribution is 5.67. The van der Waals surface area contributed by atoms with E-state index in [0.717, 1.165) is 6.54 Å². The van der Waals surface area contributed by atoms with Crippen LogP contribution in [0.1, 0.15) is 30.0 Å². The second kappa shape index (κ2) is 5.89. The molecule has 0 aromatic heterocycles. The molecule has 3 heteroatoms. The number of anilines is 1. The maximum absolute atomic E-state index is 10.7. The van der Waals surface area contributed by atoms with Crippen molar-refractivity contribution in [2.24, 2.45) is 5.92 Å². The molecule has 1 aromatic rings. The lowest BCUT2D eigenvalue weighted by Crippen LogP contribution is -2.26. The monoisotopic (exact) mass is 249 g/mol. The number of carboxylic acid groups (broad SMARTS) is 1. The molecule has 0 heterocycles. The number of benzene rings is 1. The van der Waals surface area contributed by atoms with Crippen LogP contribution in [0.15, 0.2) is 12.1 Å². The number of hydrogen-bond donors (Lipinski definition) is 1. The average Bonchev–Trinajstić information content (AvgIpc) is 2.12. The molecule has 18 heavy (non-hydrogen) atoms. The Hall–Kier alpha value is -1.51. The van der Waals surface area contributed by atoms with Crippen LogP contribution in [0.5, 0.6) is 0 Å². The molecule has 100 valence electrons. The van der Waals surface area contributed by atoms with Gasteiger partial charge in [-0.3, -0.25) is 4.79 Å². The van der Waals surface area contributed by atoms with Gasteiger partial charge in [0, 0.05) is 25.7 Å². The summed E-state index contributed by atoms with van der Waals surface area (Å²) in [5.74, 6) is -0.583. The molecule has 0 aliphatic carbocycles. The highest BCUT2D eigenvalue weighted by Gasteiger charge is 2.14. The molecule has 0 spiro atoms. The van der Waals surface area contributed by atoms with Gasteiger partial charge in [0.15, 0.2) is 0 Å². The first-order valence-corrected chi connectivity index (χ1v) is 6.32. The standard InChI is InChI=1S/C15H23NO2/c1-10-6-12(3)15(13(4)7-10)16(5)9-11(2)8-14(17)18/h6-7,11H,8-9H2,1-5H3,(H,17,18). The fourth-order valence-electron chi connectivity index (χ4n) is 2.70. The molecule has 1 unspecified atom stereocenters. The van der Waals surface area contributed by atoms with Crippen LogP contribution in [0, 0.1) is 26.7 Å². The fourth-order valence-corrected chi connectivity index (χ4v) is 2.70. The smallest absolute Gasteiger partial charge is 0.303 e. The van der Waals surface area contributed by atoms with E-state index in [2.05, 4.69) is 37.8 Å². The number of hydrogen-bond acceptors (Lipinski definition) is 2. The average molecular weight is 249 g/mol. The lowest BCUT2D eigenvalue weighted by molar-refractivity contribution is -0.137. The van der Waals surface area contributed by atoms with Gasteiger partial charge in [0.2, 0.25) is 0 Å². The summed E-state index contributed by atoms with van der Waals surface area (Å²) in [6.45, 7) is 9.04. The van der Waals surface area contributed by atoms with Crippen molar-refractivity contribution in [3.8, 4) is 0 Å². The Balaban J connectivity index is 2.84. The summed E-state index contributed by atoms with van der Waals surface area (Å²) in [7, 11) is 2.03. The van der Waals surface area contributed by atoms with Gasteiger partial charge in [-0.15, -0.1) is 0 Å². The van der Waals surface area contributed by atoms with Gasteiger partial charge in [0.05, 0.1) is 0 Å². The molecule has 0 saturated carbocycles. The SMILES string of the molecule is Cc1cc(C)c(N(C)CC(C)CC(=O)O)c(C)c1. The van der Waals surface area contributed by atoms with E-state index in [4.69, 9.17) is 5.11 Å². The highest BCUT2D eigenvalue weighted by Crippen LogP contribution is 2.26. The third kappa shape index (κ3) is 3.76. The van der Waals surface area contributed by atoms with Gasteiger partial charge in [-0.05, 0) is 37.8 Å². The van der Waals surface area contributed by atoms with Crippen molar-refractivity contribution in [1.82, 2.24) is 0 Å². The summed E-state index contributed by atoms with van der Waals surface area (Å²) in [4.78, 5) is 12.9. The third-order valence-corrected chi connectivity index (χ3v) is 3.13. The van der Waals surface area contributed by atoms with E-state index in [0.29, 0.717) is 0 Å². The van der Waals surface area contributed by atoms with E-state index in [1.54, 1.807) is 0 Å². The lowest BCUT2D eigenvalue weighted by Gasteiger charge is -2.26. The minimum absolute atomic E-state index is 0.146. The van der Waals surface area contributed by atoms with Crippen molar-refractivity contribution in [3.05, 3.63) is 28.8 Å². The summed E-state index contributed by atoms with van der Waals surface area (Å²) in [5, 5.41) is 8.79. The summed E-state index contributed by atoms with van der Waals surface area (Å²) in [5.41, 5.74) is 4.98. The van der Waals surface area contributed by atoms with Crippen molar-refractivity contribution in [2.45, 2.75) is 34.1 Å². The fraction of sp³-hybridized carbons (Fsp3) is 0.533. The zero-order valence-electron chi connectivity index (χ0n) is 11.9. The number of aryl methyl sites for hydroxylation is 3. The normalized spacial score (nSPS) is 12.3. The van der Waals surface area contributed by atoms with Gasteiger partial charge >= 0.3 is 5.97 Å². The Morgan fingerprint density at radius 3 is 2.22 bits per heavy atom. The van der Waals surface area contributed by atoms with Crippen LogP contribution < -0.4 is 4.90 Å². The van der Waals surface area contributed by atoms with Crippen LogP contribution in [0.2, 0.25) is 0 Å².